The number of sulfonamides is 1. The van der Waals surface area contributed by atoms with E-state index in [0.29, 0.717) is 31.6 Å². The highest BCUT2D eigenvalue weighted by atomic mass is 32.2. The molecule has 9 heteroatoms. The fraction of sp³-hybridized carbons (Fsp3) is 0.417. The van der Waals surface area contributed by atoms with Crippen LogP contribution in [0.5, 0.6) is 0 Å². The summed E-state index contributed by atoms with van der Waals surface area (Å²) in [5.74, 6) is -2.37. The van der Waals surface area contributed by atoms with Crippen LogP contribution in [0.3, 0.4) is 0 Å². The van der Waals surface area contributed by atoms with Crippen molar-refractivity contribution < 1.29 is 27.1 Å². The molecule has 0 bridgehead atoms. The zero-order valence-corrected chi connectivity index (χ0v) is 20.1. The first-order valence-corrected chi connectivity index (χ1v) is 12.3. The second-order valence-corrected chi connectivity index (χ2v) is 10.3. The summed E-state index contributed by atoms with van der Waals surface area (Å²) in [5.41, 5.74) is 3.32. The van der Waals surface area contributed by atoms with Gasteiger partial charge in [-0.15, -0.1) is 0 Å². The quantitative estimate of drug-likeness (QED) is 0.634. The van der Waals surface area contributed by atoms with Crippen molar-refractivity contribution >= 4 is 27.6 Å². The molecule has 0 aromatic heterocycles. The molecule has 1 aliphatic rings. The summed E-state index contributed by atoms with van der Waals surface area (Å²) in [6.45, 7) is 7.74. The van der Waals surface area contributed by atoms with E-state index < -0.39 is 38.7 Å². The number of carbonyl (C=O) groups is 2. The molecule has 1 amide bonds. The van der Waals surface area contributed by atoms with E-state index in [0.717, 1.165) is 41.3 Å². The maximum Gasteiger partial charge on any atom is 0.338 e. The van der Waals surface area contributed by atoms with Gasteiger partial charge in [0.2, 0.25) is 10.0 Å². The Morgan fingerprint density at radius 1 is 1.03 bits per heavy atom. The number of benzene rings is 2. The smallest absolute Gasteiger partial charge is 0.338 e. The van der Waals surface area contributed by atoms with E-state index in [9.17, 15) is 22.4 Å². The molecule has 1 N–H and O–H groups in total. The number of halogens is 1. The third kappa shape index (κ3) is 5.59. The summed E-state index contributed by atoms with van der Waals surface area (Å²) in [5, 5.41) is 2.77. The van der Waals surface area contributed by atoms with Crippen LogP contribution in [0.2, 0.25) is 0 Å². The van der Waals surface area contributed by atoms with E-state index in [1.54, 1.807) is 0 Å². The highest BCUT2D eigenvalue weighted by Crippen LogP contribution is 2.25. The lowest BCUT2D eigenvalue weighted by atomic mass is 10.0. The van der Waals surface area contributed by atoms with Crippen molar-refractivity contribution in [2.45, 2.75) is 58.0 Å². The lowest BCUT2D eigenvalue weighted by Gasteiger charge is -2.26. The standard InChI is InChI=1S/C24H29FN2O5S/c1-15-12-16(2)22(17(3)13-15)26-23(28)18(4)32-24(29)19-8-9-20(25)21(14-19)33(30,31)27-10-6-5-7-11-27/h8-9,12-14,18H,5-7,10-11H2,1-4H3,(H,26,28). The molecule has 0 radical (unpaired) electrons. The molecule has 178 valence electrons. The molecule has 3 rings (SSSR count). The lowest BCUT2D eigenvalue weighted by Crippen LogP contribution is -2.36. The van der Waals surface area contributed by atoms with E-state index in [4.69, 9.17) is 4.74 Å². The predicted molar refractivity (Wildman–Crippen MR) is 123 cm³/mol. The Labute approximate surface area is 194 Å². The van der Waals surface area contributed by atoms with Crippen LogP contribution in [0.25, 0.3) is 0 Å². The van der Waals surface area contributed by atoms with Gasteiger partial charge in [0.15, 0.2) is 6.10 Å². The first kappa shape index (κ1) is 24.9. The number of hydrogen-bond acceptors (Lipinski definition) is 5. The van der Waals surface area contributed by atoms with Gasteiger partial charge in [0.25, 0.3) is 5.91 Å². The van der Waals surface area contributed by atoms with Crippen molar-refractivity contribution in [3.8, 4) is 0 Å². The molecule has 7 nitrogen and oxygen atoms in total. The third-order valence-electron chi connectivity index (χ3n) is 5.68. The molecule has 2 aromatic rings. The average molecular weight is 477 g/mol. The number of aryl methyl sites for hydroxylation is 3. The number of rotatable bonds is 6. The molecule has 0 spiro atoms. The Kier molecular flexibility index (Phi) is 7.54. The van der Waals surface area contributed by atoms with Crippen LogP contribution in [0.15, 0.2) is 35.2 Å². The van der Waals surface area contributed by atoms with Gasteiger partial charge in [0.05, 0.1) is 5.56 Å². The molecule has 1 aliphatic heterocycles. The number of esters is 1. The largest absolute Gasteiger partial charge is 0.449 e. The van der Waals surface area contributed by atoms with Crippen LogP contribution in [0.4, 0.5) is 10.1 Å². The fourth-order valence-corrected chi connectivity index (χ4v) is 5.56. The van der Waals surface area contributed by atoms with Crippen molar-refractivity contribution in [1.82, 2.24) is 4.31 Å². The summed E-state index contributed by atoms with van der Waals surface area (Å²) in [6, 6.07) is 6.91. The fourth-order valence-electron chi connectivity index (χ4n) is 3.96. The van der Waals surface area contributed by atoms with Crippen LogP contribution in [-0.4, -0.2) is 43.8 Å². The number of carbonyl (C=O) groups excluding carboxylic acids is 2. The molecular formula is C24H29FN2O5S. The first-order valence-electron chi connectivity index (χ1n) is 10.9. The maximum absolute atomic E-state index is 14.4. The molecule has 1 fully saturated rings. The van der Waals surface area contributed by atoms with Crippen LogP contribution in [0.1, 0.15) is 53.2 Å². The Hall–Kier alpha value is -2.78. The van der Waals surface area contributed by atoms with Gasteiger partial charge in [-0.2, -0.15) is 4.31 Å². The van der Waals surface area contributed by atoms with E-state index in [1.165, 1.54) is 11.2 Å². The number of piperidine rings is 1. The Morgan fingerprint density at radius 2 is 1.64 bits per heavy atom. The molecule has 33 heavy (non-hydrogen) atoms. The molecule has 1 unspecified atom stereocenters. The minimum Gasteiger partial charge on any atom is -0.449 e. The van der Waals surface area contributed by atoms with E-state index in [2.05, 4.69) is 5.32 Å². The number of hydrogen-bond donors (Lipinski definition) is 1. The SMILES string of the molecule is Cc1cc(C)c(NC(=O)C(C)OC(=O)c2ccc(F)c(S(=O)(=O)N3CCCCC3)c2)c(C)c1. The van der Waals surface area contributed by atoms with Gasteiger partial charge in [-0.25, -0.2) is 17.6 Å². The number of ether oxygens (including phenoxy) is 1. The summed E-state index contributed by atoms with van der Waals surface area (Å²) in [7, 11) is -4.08. The second kappa shape index (κ2) is 10.0. The summed E-state index contributed by atoms with van der Waals surface area (Å²) in [6.07, 6.45) is 1.18. The molecule has 1 atom stereocenters. The maximum atomic E-state index is 14.4. The highest BCUT2D eigenvalue weighted by Gasteiger charge is 2.30. The molecular weight excluding hydrogens is 447 g/mol. The van der Waals surface area contributed by atoms with Crippen molar-refractivity contribution in [2.75, 3.05) is 18.4 Å². The minimum absolute atomic E-state index is 0.144. The molecule has 0 aliphatic carbocycles. The van der Waals surface area contributed by atoms with E-state index >= 15 is 0 Å². The molecule has 1 heterocycles. The van der Waals surface area contributed by atoms with Crippen molar-refractivity contribution in [3.05, 3.63) is 58.4 Å². The summed E-state index contributed by atoms with van der Waals surface area (Å²) in [4.78, 5) is 24.7. The second-order valence-electron chi connectivity index (χ2n) is 8.42. The van der Waals surface area contributed by atoms with Crippen molar-refractivity contribution in [2.24, 2.45) is 0 Å². The summed E-state index contributed by atoms with van der Waals surface area (Å²) >= 11 is 0. The third-order valence-corrected chi connectivity index (χ3v) is 7.59. The Morgan fingerprint density at radius 3 is 2.24 bits per heavy atom. The zero-order chi connectivity index (χ0) is 24.3. The monoisotopic (exact) mass is 476 g/mol. The normalized spacial score (nSPS) is 15.7. The van der Waals surface area contributed by atoms with Gasteiger partial charge in [0.1, 0.15) is 10.7 Å². The highest BCUT2D eigenvalue weighted by molar-refractivity contribution is 7.89. The summed E-state index contributed by atoms with van der Waals surface area (Å²) < 4.78 is 46.6. The van der Waals surface area contributed by atoms with Gasteiger partial charge in [0, 0.05) is 18.8 Å². The molecule has 0 saturated carbocycles. The predicted octanol–water partition coefficient (Wildman–Crippen LogP) is 4.11. The van der Waals surface area contributed by atoms with Gasteiger partial charge in [-0.3, -0.25) is 4.79 Å². The van der Waals surface area contributed by atoms with Crippen LogP contribution >= 0.6 is 0 Å². The van der Waals surface area contributed by atoms with Crippen LogP contribution in [-0.2, 0) is 19.6 Å². The topological polar surface area (TPSA) is 92.8 Å². The van der Waals surface area contributed by atoms with Gasteiger partial charge >= 0.3 is 5.97 Å². The Bertz CT molecular complexity index is 1150. The zero-order valence-electron chi connectivity index (χ0n) is 19.3. The minimum atomic E-state index is -4.08. The van der Waals surface area contributed by atoms with Crippen LogP contribution in [0, 0.1) is 26.6 Å². The van der Waals surface area contributed by atoms with Gasteiger partial charge in [-0.05, 0) is 69.9 Å². The average Bonchev–Trinajstić information content (AvgIpc) is 2.76. The number of anilines is 1. The number of amides is 1. The van der Waals surface area contributed by atoms with E-state index in [1.807, 2.05) is 32.9 Å². The van der Waals surface area contributed by atoms with Crippen molar-refractivity contribution in [1.29, 1.82) is 0 Å². The number of nitrogens with one attached hydrogen (secondary N) is 1. The lowest BCUT2D eigenvalue weighted by molar-refractivity contribution is -0.123. The molecule has 2 aromatic carbocycles. The van der Waals surface area contributed by atoms with Gasteiger partial charge < -0.3 is 10.1 Å². The molecule has 1 saturated heterocycles. The van der Waals surface area contributed by atoms with E-state index in [-0.39, 0.29) is 5.56 Å². The first-order chi connectivity index (χ1) is 15.5. The van der Waals surface area contributed by atoms with Gasteiger partial charge in [-0.1, -0.05) is 24.1 Å². The Balaban J connectivity index is 1.75. The van der Waals surface area contributed by atoms with Crippen molar-refractivity contribution in [3.63, 3.8) is 0 Å². The number of nitrogens with zero attached hydrogens (tertiary/aromatic N) is 1. The van der Waals surface area contributed by atoms with Crippen LogP contribution < -0.4 is 5.32 Å².